The van der Waals surface area contributed by atoms with Crippen LogP contribution in [0.2, 0.25) is 0 Å². The van der Waals surface area contributed by atoms with Crippen LogP contribution in [0.25, 0.3) is 0 Å². The minimum atomic E-state index is -1.46. The fourth-order valence-corrected chi connectivity index (χ4v) is 3.87. The number of ether oxygens (including phenoxy) is 6. The lowest BCUT2D eigenvalue weighted by molar-refractivity contribution is -0.901. The number of rotatable bonds is 3. The fraction of sp³-hybridized carbons (Fsp3) is 0.750. The molecule has 43 heavy (non-hydrogen) atoms. The van der Waals surface area contributed by atoms with Gasteiger partial charge in [-0.2, -0.15) is 0 Å². The van der Waals surface area contributed by atoms with Crippen molar-refractivity contribution in [1.82, 2.24) is 4.90 Å². The number of quaternary nitrogens is 1. The van der Waals surface area contributed by atoms with Crippen LogP contribution in [-0.4, -0.2) is 144 Å². The summed E-state index contributed by atoms with van der Waals surface area (Å²) in [5.74, 6) is -1.46. The highest BCUT2D eigenvalue weighted by Crippen LogP contribution is 2.36. The standard InChI is InChI=1S/C18H36N2O6.C6H3N3O7.H2O/c1-7-21-13-14-24-10-4-20-5-11-25-17-15-22-8-2-19(1)3-9-23-16-18-26-12-6-20;10-6-4(8(13)14)1-3(7(11)12)2-5(6)9(15)16;/h1-18H2;1-2,10H;1H2. The third kappa shape index (κ3) is 15.8. The lowest BCUT2D eigenvalue weighted by Gasteiger charge is -2.23. The van der Waals surface area contributed by atoms with Gasteiger partial charge in [0.2, 0.25) is 0 Å². The Morgan fingerprint density at radius 2 is 0.884 bits per heavy atom. The Labute approximate surface area is 247 Å². The van der Waals surface area contributed by atoms with Gasteiger partial charge >= 0.3 is 0 Å². The molecule has 1 aromatic carbocycles. The lowest BCUT2D eigenvalue weighted by atomic mass is 10.2. The fourth-order valence-electron chi connectivity index (χ4n) is 3.87. The monoisotopic (exact) mass is 623 g/mol. The second-order valence-electron chi connectivity index (χ2n) is 9.10. The number of hydrogen-bond acceptors (Lipinski definition) is 14. The molecule has 19 heteroatoms. The van der Waals surface area contributed by atoms with Crippen molar-refractivity contribution >= 4 is 17.1 Å². The molecule has 0 aromatic heterocycles. The molecule has 4 rings (SSSR count). The molecule has 3 fully saturated rings. The largest absolute Gasteiger partial charge is 0.863 e. The van der Waals surface area contributed by atoms with E-state index in [1.54, 1.807) is 0 Å². The molecule has 0 amide bonds. The van der Waals surface area contributed by atoms with Gasteiger partial charge < -0.3 is 43.9 Å². The molecule has 3 saturated heterocycles. The van der Waals surface area contributed by atoms with Crippen LogP contribution in [0.5, 0.6) is 5.75 Å². The van der Waals surface area contributed by atoms with Crippen LogP contribution < -0.4 is 10.0 Å². The first-order valence-corrected chi connectivity index (χ1v) is 13.6. The van der Waals surface area contributed by atoms with E-state index in [9.17, 15) is 35.4 Å². The van der Waals surface area contributed by atoms with Gasteiger partial charge in [-0.05, 0) is 0 Å². The van der Waals surface area contributed by atoms with Crippen LogP contribution in [-0.2, 0) is 28.4 Å². The normalized spacial score (nSPS) is 22.0. The van der Waals surface area contributed by atoms with Crippen molar-refractivity contribution in [3.05, 3.63) is 42.5 Å². The molecule has 0 radical (unpaired) electrons. The van der Waals surface area contributed by atoms with E-state index >= 15 is 0 Å². The highest BCUT2D eigenvalue weighted by Gasteiger charge is 2.24. The van der Waals surface area contributed by atoms with Crippen LogP contribution in [0.4, 0.5) is 17.1 Å². The minimum absolute atomic E-state index is 0. The summed E-state index contributed by atoms with van der Waals surface area (Å²) in [5, 5.41) is 42.1. The zero-order valence-corrected chi connectivity index (χ0v) is 24.0. The van der Waals surface area contributed by atoms with E-state index in [0.717, 1.165) is 59.1 Å². The molecule has 0 unspecified atom stereocenters. The van der Waals surface area contributed by atoms with E-state index in [2.05, 4.69) is 4.90 Å². The van der Waals surface area contributed by atoms with E-state index in [-0.39, 0.29) is 5.48 Å². The summed E-state index contributed by atoms with van der Waals surface area (Å²) in [6.45, 7) is 13.6. The quantitative estimate of drug-likeness (QED) is 0.281. The van der Waals surface area contributed by atoms with Crippen molar-refractivity contribution in [3.63, 3.8) is 0 Å². The molecule has 246 valence electrons. The second-order valence-corrected chi connectivity index (χ2v) is 9.10. The Bertz CT molecular complexity index is 860. The third-order valence-corrected chi connectivity index (χ3v) is 6.21. The van der Waals surface area contributed by atoms with Gasteiger partial charge in [-0.3, -0.25) is 35.2 Å². The molecule has 0 atom stereocenters. The molecular formula is C24H41N5O14. The lowest BCUT2D eigenvalue weighted by Crippen LogP contribution is -3.13. The Hall–Kier alpha value is -3.14. The number of fused-ring (bicyclic) bond motifs is 21. The van der Waals surface area contributed by atoms with Gasteiger partial charge in [0, 0.05) is 19.6 Å². The van der Waals surface area contributed by atoms with Crippen molar-refractivity contribution in [2.24, 2.45) is 0 Å². The van der Waals surface area contributed by atoms with E-state index in [1.165, 1.54) is 4.90 Å². The van der Waals surface area contributed by atoms with Crippen molar-refractivity contribution in [3.8, 4) is 5.75 Å². The van der Waals surface area contributed by atoms with Crippen molar-refractivity contribution in [2.45, 2.75) is 0 Å². The molecule has 3 heterocycles. The Kier molecular flexibility index (Phi) is 19.7. The molecule has 3 aliphatic heterocycles. The van der Waals surface area contributed by atoms with Crippen LogP contribution >= 0.6 is 0 Å². The van der Waals surface area contributed by atoms with Crippen LogP contribution in [0.1, 0.15) is 0 Å². The summed E-state index contributed by atoms with van der Waals surface area (Å²) in [4.78, 5) is 31.3. The third-order valence-electron chi connectivity index (χ3n) is 6.21. The number of hydrogen-bond donors (Lipinski definition) is 1. The van der Waals surface area contributed by atoms with Gasteiger partial charge in [-0.1, -0.05) is 0 Å². The van der Waals surface area contributed by atoms with Gasteiger partial charge in [-0.15, -0.1) is 0 Å². The first-order chi connectivity index (χ1) is 20.3. The summed E-state index contributed by atoms with van der Waals surface area (Å²) < 4.78 is 34.3. The Morgan fingerprint density at radius 3 is 1.19 bits per heavy atom. The minimum Gasteiger partial charge on any atom is -0.863 e. The molecule has 3 aliphatic rings. The number of nitrogens with zero attached hydrogens (tertiary/aromatic N) is 4. The zero-order valence-electron chi connectivity index (χ0n) is 24.0. The SMILES string of the molecule is C1COCC[NH+]2CCOCCOCCN(CCO1)CCOCCOCC2.O.O=[N+]([O-])c1cc([N+](=O)[O-])c([O-])c([N+](=O)[O-])c1. The van der Waals surface area contributed by atoms with Crippen LogP contribution in [0.15, 0.2) is 12.1 Å². The molecular weight excluding hydrogens is 582 g/mol. The first kappa shape index (κ1) is 37.9. The van der Waals surface area contributed by atoms with Crippen LogP contribution in [0.3, 0.4) is 0 Å². The predicted molar refractivity (Wildman–Crippen MR) is 146 cm³/mol. The van der Waals surface area contributed by atoms with E-state index in [1.807, 2.05) is 0 Å². The highest BCUT2D eigenvalue weighted by atomic mass is 16.6. The summed E-state index contributed by atoms with van der Waals surface area (Å²) in [6.07, 6.45) is 0. The number of benzene rings is 1. The number of nitrogens with one attached hydrogen (secondary N) is 1. The maximum absolute atomic E-state index is 11.1. The Morgan fingerprint density at radius 1 is 0.558 bits per heavy atom. The van der Waals surface area contributed by atoms with Gasteiger partial charge in [0.15, 0.2) is 0 Å². The van der Waals surface area contributed by atoms with E-state index in [4.69, 9.17) is 28.4 Å². The van der Waals surface area contributed by atoms with Gasteiger partial charge in [-0.25, -0.2) is 0 Å². The first-order valence-electron chi connectivity index (χ1n) is 13.6. The maximum Gasteiger partial charge on any atom is 0.283 e. The Balaban J connectivity index is 0.000000469. The molecule has 0 saturated carbocycles. The van der Waals surface area contributed by atoms with E-state index < -0.39 is 37.6 Å². The number of non-ortho nitro benzene ring substituents is 1. The summed E-state index contributed by atoms with van der Waals surface area (Å²) in [7, 11) is 0. The average Bonchev–Trinajstić information content (AvgIpc) is 2.95. The smallest absolute Gasteiger partial charge is 0.283 e. The number of nitro benzene ring substituents is 3. The topological polar surface area (TPSA) is 247 Å². The summed E-state index contributed by atoms with van der Waals surface area (Å²) in [6, 6.07) is 0.769. The van der Waals surface area contributed by atoms with Gasteiger partial charge in [0.1, 0.15) is 19.6 Å². The van der Waals surface area contributed by atoms with Crippen LogP contribution in [0, 0.1) is 30.3 Å². The molecule has 0 aliphatic carbocycles. The highest BCUT2D eigenvalue weighted by molar-refractivity contribution is 5.64. The van der Waals surface area contributed by atoms with Gasteiger partial charge in [0.05, 0.1) is 112 Å². The molecule has 19 nitrogen and oxygen atoms in total. The molecule has 0 spiro atoms. The molecule has 1 aromatic rings. The zero-order chi connectivity index (χ0) is 30.6. The van der Waals surface area contributed by atoms with Crippen molar-refractivity contribution in [1.29, 1.82) is 0 Å². The van der Waals surface area contributed by atoms with Crippen molar-refractivity contribution < 1.29 is 58.7 Å². The van der Waals surface area contributed by atoms with Crippen molar-refractivity contribution in [2.75, 3.05) is 119 Å². The average molecular weight is 624 g/mol. The maximum atomic E-state index is 11.1. The molecule has 3 N–H and O–H groups in total. The van der Waals surface area contributed by atoms with Gasteiger partial charge in [0.25, 0.3) is 17.1 Å². The molecule has 2 bridgehead atoms. The van der Waals surface area contributed by atoms with E-state index in [0.29, 0.717) is 71.6 Å². The second kappa shape index (κ2) is 22.4. The summed E-state index contributed by atoms with van der Waals surface area (Å²) in [5.41, 5.74) is -3.26. The predicted octanol–water partition coefficient (Wildman–Crippen LogP) is -2.04. The summed E-state index contributed by atoms with van der Waals surface area (Å²) >= 11 is 0. The number of nitro groups is 3.